The van der Waals surface area contributed by atoms with E-state index in [2.05, 4.69) is 5.32 Å². The van der Waals surface area contributed by atoms with Crippen LogP contribution in [0.5, 0.6) is 5.75 Å². The zero-order valence-corrected chi connectivity index (χ0v) is 14.2. The topological polar surface area (TPSA) is 78.8 Å². The largest absolute Gasteiger partial charge is 0.505 e. The molecule has 2 atom stereocenters. The van der Waals surface area contributed by atoms with Gasteiger partial charge in [-0.15, -0.1) is 0 Å². The van der Waals surface area contributed by atoms with Gasteiger partial charge in [-0.1, -0.05) is 30.7 Å². The lowest BCUT2D eigenvalue weighted by atomic mass is 9.94. The Morgan fingerprint density at radius 2 is 1.92 bits per heavy atom. The zero-order valence-electron chi connectivity index (χ0n) is 14.2. The molecule has 5 nitrogen and oxygen atoms in total. The van der Waals surface area contributed by atoms with Crippen LogP contribution in [0.4, 0.5) is 14.9 Å². The lowest BCUT2D eigenvalue weighted by molar-refractivity contribution is 0.0665. The Morgan fingerprint density at radius 1 is 1.24 bits per heavy atom. The van der Waals surface area contributed by atoms with Crippen molar-refractivity contribution in [2.45, 2.75) is 26.4 Å². The van der Waals surface area contributed by atoms with E-state index >= 15 is 0 Å². The first-order valence-corrected chi connectivity index (χ1v) is 8.04. The van der Waals surface area contributed by atoms with Crippen molar-refractivity contribution in [1.82, 2.24) is 0 Å². The van der Waals surface area contributed by atoms with Gasteiger partial charge in [-0.3, -0.25) is 5.32 Å². The Balaban J connectivity index is 2.15. The van der Waals surface area contributed by atoms with Crippen LogP contribution in [0.15, 0.2) is 42.5 Å². The van der Waals surface area contributed by atoms with Crippen molar-refractivity contribution in [3.05, 3.63) is 59.4 Å². The number of benzene rings is 2. The second-order valence-electron chi connectivity index (χ2n) is 6.02. The number of amides is 1. The van der Waals surface area contributed by atoms with Gasteiger partial charge in [0, 0.05) is 12.3 Å². The Hall–Kier alpha value is -2.60. The lowest BCUT2D eigenvalue weighted by Gasteiger charge is -2.24. The maximum atomic E-state index is 13.7. The summed E-state index contributed by atoms with van der Waals surface area (Å²) in [5.41, 5.74) is 2.06. The van der Waals surface area contributed by atoms with Gasteiger partial charge in [-0.05, 0) is 49.1 Å². The molecule has 0 aliphatic carbocycles. The van der Waals surface area contributed by atoms with E-state index in [1.54, 1.807) is 19.1 Å². The monoisotopic (exact) mass is 347 g/mol. The van der Waals surface area contributed by atoms with Crippen molar-refractivity contribution in [2.24, 2.45) is 5.92 Å². The second kappa shape index (κ2) is 8.48. The van der Waals surface area contributed by atoms with Gasteiger partial charge < -0.3 is 14.9 Å². The van der Waals surface area contributed by atoms with Crippen LogP contribution in [0.1, 0.15) is 30.6 Å². The zero-order chi connectivity index (χ0) is 18.4. The minimum atomic E-state index is -0.791. The van der Waals surface area contributed by atoms with Crippen molar-refractivity contribution in [2.75, 3.05) is 11.9 Å². The summed E-state index contributed by atoms with van der Waals surface area (Å²) in [7, 11) is 0. The number of rotatable bonds is 6. The molecule has 25 heavy (non-hydrogen) atoms. The van der Waals surface area contributed by atoms with Crippen LogP contribution in [0.2, 0.25) is 0 Å². The number of hydrogen-bond donors (Lipinski definition) is 3. The quantitative estimate of drug-likeness (QED) is 0.733. The first-order valence-electron chi connectivity index (χ1n) is 8.04. The molecule has 2 aromatic rings. The van der Waals surface area contributed by atoms with Gasteiger partial charge in [0.2, 0.25) is 0 Å². The molecule has 0 spiro atoms. The Kier molecular flexibility index (Phi) is 6.36. The molecular weight excluding hydrogens is 325 g/mol. The van der Waals surface area contributed by atoms with E-state index in [1.165, 1.54) is 12.1 Å². The molecule has 6 heteroatoms. The van der Waals surface area contributed by atoms with E-state index in [9.17, 15) is 14.3 Å². The highest BCUT2D eigenvalue weighted by atomic mass is 19.1. The number of carbonyl (C=O) groups is 1. The maximum Gasteiger partial charge on any atom is 0.412 e. The van der Waals surface area contributed by atoms with Gasteiger partial charge in [0.25, 0.3) is 0 Å². The molecule has 2 rings (SSSR count). The lowest BCUT2D eigenvalue weighted by Crippen LogP contribution is -2.22. The highest BCUT2D eigenvalue weighted by molar-refractivity contribution is 5.84. The number of anilines is 1. The van der Waals surface area contributed by atoms with Gasteiger partial charge in [-0.25, -0.2) is 9.18 Å². The molecule has 0 aliphatic heterocycles. The van der Waals surface area contributed by atoms with Crippen LogP contribution >= 0.6 is 0 Å². The molecule has 0 aromatic heterocycles. The highest BCUT2D eigenvalue weighted by Crippen LogP contribution is 2.31. The Morgan fingerprint density at radius 3 is 2.52 bits per heavy atom. The predicted octanol–water partition coefficient (Wildman–Crippen LogP) is 4.15. The summed E-state index contributed by atoms with van der Waals surface area (Å²) in [4.78, 5) is 12.2. The first kappa shape index (κ1) is 18.7. The number of phenolic OH excluding ortho intramolecular Hbond substituents is 1. The van der Waals surface area contributed by atoms with Gasteiger partial charge in [-0.2, -0.15) is 0 Å². The summed E-state index contributed by atoms with van der Waals surface area (Å²) in [6, 6.07) is 11.1. The molecule has 134 valence electrons. The summed E-state index contributed by atoms with van der Waals surface area (Å²) in [6.07, 6.45) is -1.05. The fourth-order valence-electron chi connectivity index (χ4n) is 2.47. The fourth-order valence-corrected chi connectivity index (χ4v) is 2.47. The van der Waals surface area contributed by atoms with Crippen LogP contribution in [0.25, 0.3) is 0 Å². The summed E-state index contributed by atoms with van der Waals surface area (Å²) >= 11 is 0. The van der Waals surface area contributed by atoms with E-state index in [1.807, 2.05) is 19.1 Å². The molecule has 1 amide bonds. The SMILES string of the molecule is Cc1ccc(NC(=O)O[C@H](c2ccc(O)c(F)c2)[C@H](C)CCO)cc1. The molecule has 0 unspecified atom stereocenters. The van der Waals surface area contributed by atoms with Crippen LogP contribution < -0.4 is 5.32 Å². The Labute approximate surface area is 146 Å². The normalized spacial score (nSPS) is 13.1. The average molecular weight is 347 g/mol. The van der Waals surface area contributed by atoms with Crippen molar-refractivity contribution in [3.8, 4) is 5.75 Å². The van der Waals surface area contributed by atoms with E-state index in [0.29, 0.717) is 17.7 Å². The number of ether oxygens (including phenoxy) is 1. The third-order valence-corrected chi connectivity index (χ3v) is 3.93. The second-order valence-corrected chi connectivity index (χ2v) is 6.02. The number of aryl methyl sites for hydroxylation is 1. The summed E-state index contributed by atoms with van der Waals surface area (Å²) < 4.78 is 19.1. The number of phenols is 1. The molecule has 2 aromatic carbocycles. The number of nitrogens with one attached hydrogen (secondary N) is 1. The van der Waals surface area contributed by atoms with E-state index in [4.69, 9.17) is 9.84 Å². The number of aliphatic hydroxyl groups is 1. The van der Waals surface area contributed by atoms with Crippen LogP contribution in [-0.4, -0.2) is 22.9 Å². The molecule has 0 saturated carbocycles. The minimum Gasteiger partial charge on any atom is -0.505 e. The van der Waals surface area contributed by atoms with Gasteiger partial charge >= 0.3 is 6.09 Å². The molecule has 0 bridgehead atoms. The van der Waals surface area contributed by atoms with E-state index in [0.717, 1.165) is 11.6 Å². The smallest absolute Gasteiger partial charge is 0.412 e. The summed E-state index contributed by atoms with van der Waals surface area (Å²) in [5, 5.41) is 21.1. The minimum absolute atomic E-state index is 0.0822. The Bertz CT molecular complexity index is 718. The highest BCUT2D eigenvalue weighted by Gasteiger charge is 2.24. The number of carbonyl (C=O) groups excluding carboxylic acids is 1. The number of hydrogen-bond acceptors (Lipinski definition) is 4. The number of aliphatic hydroxyl groups excluding tert-OH is 1. The number of halogens is 1. The third kappa shape index (κ3) is 5.19. The van der Waals surface area contributed by atoms with Crippen molar-refractivity contribution in [1.29, 1.82) is 0 Å². The molecule has 3 N–H and O–H groups in total. The molecule has 0 saturated heterocycles. The molecule has 0 aliphatic rings. The van der Waals surface area contributed by atoms with Crippen LogP contribution in [-0.2, 0) is 4.74 Å². The van der Waals surface area contributed by atoms with Crippen molar-refractivity contribution in [3.63, 3.8) is 0 Å². The van der Waals surface area contributed by atoms with Gasteiger partial charge in [0.1, 0.15) is 6.10 Å². The standard InChI is InChI=1S/C19H22FNO4/c1-12-3-6-15(7-4-12)21-19(24)25-18(13(2)9-10-22)14-5-8-17(23)16(20)11-14/h3-8,11,13,18,22-23H,9-10H2,1-2H3,(H,21,24)/t13-,18+/m1/s1. The van der Waals surface area contributed by atoms with Crippen molar-refractivity contribution >= 4 is 11.8 Å². The maximum absolute atomic E-state index is 13.7. The molecule has 0 radical (unpaired) electrons. The fraction of sp³-hybridized carbons (Fsp3) is 0.316. The van der Waals surface area contributed by atoms with E-state index < -0.39 is 23.8 Å². The molecular formula is C19H22FNO4. The van der Waals surface area contributed by atoms with Crippen LogP contribution in [0, 0.1) is 18.7 Å². The van der Waals surface area contributed by atoms with Crippen molar-refractivity contribution < 1.29 is 24.1 Å². The van der Waals surface area contributed by atoms with E-state index in [-0.39, 0.29) is 12.5 Å². The van der Waals surface area contributed by atoms with Gasteiger partial charge in [0.15, 0.2) is 11.6 Å². The molecule has 0 heterocycles. The average Bonchev–Trinajstić information content (AvgIpc) is 2.57. The van der Waals surface area contributed by atoms with Crippen LogP contribution in [0.3, 0.4) is 0 Å². The first-order chi connectivity index (χ1) is 11.9. The predicted molar refractivity (Wildman–Crippen MR) is 93.0 cm³/mol. The summed E-state index contributed by atoms with van der Waals surface area (Å²) in [6.45, 7) is 3.65. The van der Waals surface area contributed by atoms with Gasteiger partial charge in [0.05, 0.1) is 0 Å². The third-order valence-electron chi connectivity index (χ3n) is 3.93. The molecule has 0 fully saturated rings. The number of aromatic hydroxyl groups is 1. The summed E-state index contributed by atoms with van der Waals surface area (Å²) in [5.74, 6) is -1.50.